The summed E-state index contributed by atoms with van der Waals surface area (Å²) in [6, 6.07) is 6.79. The number of carbonyl (C=O) groups is 3. The molecule has 0 spiro atoms. The zero-order valence-electron chi connectivity index (χ0n) is 16.9. The lowest BCUT2D eigenvalue weighted by Crippen LogP contribution is -2.42. The molecule has 11 heteroatoms. The highest BCUT2D eigenvalue weighted by molar-refractivity contribution is 5.80. The number of carbonyl (C=O) groups excluding carboxylic acids is 2. The first-order valence-electron chi connectivity index (χ1n) is 9.54. The number of ether oxygens (including phenoxy) is 1. The van der Waals surface area contributed by atoms with Crippen molar-refractivity contribution >= 4 is 18.3 Å². The van der Waals surface area contributed by atoms with Gasteiger partial charge in [-0.25, -0.2) is 4.39 Å². The first-order chi connectivity index (χ1) is 14.8. The van der Waals surface area contributed by atoms with Crippen molar-refractivity contribution in [2.24, 2.45) is 5.92 Å². The van der Waals surface area contributed by atoms with Gasteiger partial charge in [0.05, 0.1) is 24.4 Å². The molecule has 1 aromatic heterocycles. The van der Waals surface area contributed by atoms with Gasteiger partial charge in [0, 0.05) is 17.7 Å². The van der Waals surface area contributed by atoms with Crippen LogP contribution in [0.2, 0.25) is 0 Å². The Kier molecular flexibility index (Phi) is 8.94. The summed E-state index contributed by atoms with van der Waals surface area (Å²) in [6.07, 6.45) is -0.221. The van der Waals surface area contributed by atoms with Crippen LogP contribution in [0.4, 0.5) is 4.39 Å². The summed E-state index contributed by atoms with van der Waals surface area (Å²) in [5.74, 6) is -1.24. The molecule has 0 saturated heterocycles. The number of carboxylic acid groups (broad SMARTS) is 1. The van der Waals surface area contributed by atoms with Crippen LogP contribution in [0, 0.1) is 18.7 Å². The van der Waals surface area contributed by atoms with Crippen molar-refractivity contribution in [1.29, 1.82) is 0 Å². The maximum atomic E-state index is 13.1. The lowest BCUT2D eigenvalue weighted by Gasteiger charge is -2.16. The second-order valence-electron chi connectivity index (χ2n) is 7.02. The van der Waals surface area contributed by atoms with Crippen molar-refractivity contribution in [3.05, 3.63) is 47.5 Å². The van der Waals surface area contributed by atoms with Gasteiger partial charge >= 0.3 is 0 Å². The van der Waals surface area contributed by atoms with E-state index >= 15 is 0 Å². The van der Waals surface area contributed by atoms with E-state index in [2.05, 4.69) is 20.8 Å². The van der Waals surface area contributed by atoms with Crippen molar-refractivity contribution < 1.29 is 33.7 Å². The van der Waals surface area contributed by atoms with E-state index in [9.17, 15) is 19.1 Å². The van der Waals surface area contributed by atoms with E-state index in [1.807, 2.05) is 13.0 Å². The fourth-order valence-electron chi connectivity index (χ4n) is 3.23. The molecule has 0 bridgehead atoms. The maximum Gasteiger partial charge on any atom is 0.290 e. The minimum Gasteiger partial charge on any atom is -0.484 e. The predicted octanol–water partition coefficient (Wildman–Crippen LogP) is 0.509. The molecule has 31 heavy (non-hydrogen) atoms. The third kappa shape index (κ3) is 7.70. The largest absolute Gasteiger partial charge is 0.484 e. The Morgan fingerprint density at radius 2 is 2.10 bits per heavy atom. The highest BCUT2D eigenvalue weighted by Crippen LogP contribution is 2.26. The van der Waals surface area contributed by atoms with Gasteiger partial charge in [-0.3, -0.25) is 19.5 Å². The monoisotopic (exact) mass is 436 g/mol. The molecule has 3 atom stereocenters. The SMILES string of the molecule is Cc1cc(CNC(=O)[C@H]2C[C@H](NC(=O)COc3cccc(F)c3)[C@@H](O)C2)n[nH]1.O=CO. The van der Waals surface area contributed by atoms with Gasteiger partial charge in [0.15, 0.2) is 6.61 Å². The van der Waals surface area contributed by atoms with E-state index in [1.54, 1.807) is 6.07 Å². The number of rotatable bonds is 7. The van der Waals surface area contributed by atoms with Crippen LogP contribution in [0.15, 0.2) is 30.3 Å². The van der Waals surface area contributed by atoms with Crippen LogP contribution in [0.3, 0.4) is 0 Å². The molecule has 1 aliphatic carbocycles. The number of aryl methyl sites for hydroxylation is 1. The molecule has 0 unspecified atom stereocenters. The van der Waals surface area contributed by atoms with Crippen LogP contribution in [0.5, 0.6) is 5.75 Å². The minimum atomic E-state index is -0.818. The zero-order valence-corrected chi connectivity index (χ0v) is 16.9. The third-order valence-electron chi connectivity index (χ3n) is 4.61. The number of aromatic nitrogens is 2. The van der Waals surface area contributed by atoms with E-state index in [0.717, 1.165) is 11.4 Å². The molecular formula is C20H25FN4O6. The average molecular weight is 436 g/mol. The molecular weight excluding hydrogens is 411 g/mol. The Morgan fingerprint density at radius 1 is 1.35 bits per heavy atom. The van der Waals surface area contributed by atoms with Crippen LogP contribution in [0.1, 0.15) is 24.2 Å². The van der Waals surface area contributed by atoms with Crippen molar-refractivity contribution in [2.75, 3.05) is 6.61 Å². The molecule has 0 radical (unpaired) electrons. The number of aromatic amines is 1. The topological polar surface area (TPSA) is 154 Å². The molecule has 1 fully saturated rings. The van der Waals surface area contributed by atoms with Crippen LogP contribution in [0.25, 0.3) is 0 Å². The summed E-state index contributed by atoms with van der Waals surface area (Å²) in [5.41, 5.74) is 1.63. The Bertz CT molecular complexity index is 890. The molecule has 10 nitrogen and oxygen atoms in total. The fraction of sp³-hybridized carbons (Fsp3) is 0.400. The predicted molar refractivity (Wildman–Crippen MR) is 106 cm³/mol. The van der Waals surface area contributed by atoms with Crippen LogP contribution < -0.4 is 15.4 Å². The van der Waals surface area contributed by atoms with Crippen molar-refractivity contribution in [3.63, 3.8) is 0 Å². The molecule has 1 heterocycles. The van der Waals surface area contributed by atoms with Crippen LogP contribution in [-0.4, -0.2) is 57.4 Å². The number of aliphatic hydroxyl groups excluding tert-OH is 1. The van der Waals surface area contributed by atoms with Gasteiger partial charge in [-0.05, 0) is 38.0 Å². The van der Waals surface area contributed by atoms with Crippen LogP contribution in [-0.2, 0) is 20.9 Å². The molecule has 168 valence electrons. The average Bonchev–Trinajstić information content (AvgIpc) is 3.31. The molecule has 1 aliphatic rings. The Balaban J connectivity index is 0.00000107. The maximum absolute atomic E-state index is 13.1. The molecule has 3 rings (SSSR count). The van der Waals surface area contributed by atoms with Crippen molar-refractivity contribution in [3.8, 4) is 5.75 Å². The quantitative estimate of drug-likeness (QED) is 0.396. The second-order valence-corrected chi connectivity index (χ2v) is 7.02. The van der Waals surface area contributed by atoms with Crippen molar-refractivity contribution in [2.45, 2.75) is 38.5 Å². The van der Waals surface area contributed by atoms with Crippen molar-refractivity contribution in [1.82, 2.24) is 20.8 Å². The zero-order chi connectivity index (χ0) is 22.8. The van der Waals surface area contributed by atoms with Gasteiger partial charge in [-0.1, -0.05) is 6.07 Å². The molecule has 1 aromatic carbocycles. The fourth-order valence-corrected chi connectivity index (χ4v) is 3.23. The summed E-state index contributed by atoms with van der Waals surface area (Å²) < 4.78 is 18.3. The highest BCUT2D eigenvalue weighted by atomic mass is 19.1. The summed E-state index contributed by atoms with van der Waals surface area (Å²) in [5, 5.41) is 29.4. The number of halogens is 1. The van der Waals surface area contributed by atoms with E-state index < -0.39 is 29.8 Å². The molecule has 2 aromatic rings. The Hall–Kier alpha value is -3.47. The highest BCUT2D eigenvalue weighted by Gasteiger charge is 2.37. The van der Waals surface area contributed by atoms with Gasteiger partial charge in [0.2, 0.25) is 5.91 Å². The summed E-state index contributed by atoms with van der Waals surface area (Å²) in [7, 11) is 0. The lowest BCUT2D eigenvalue weighted by molar-refractivity contribution is -0.126. The van der Waals surface area contributed by atoms with Gasteiger partial charge in [-0.15, -0.1) is 0 Å². The summed E-state index contributed by atoms with van der Waals surface area (Å²) >= 11 is 0. The molecule has 5 N–H and O–H groups in total. The third-order valence-corrected chi connectivity index (χ3v) is 4.61. The van der Waals surface area contributed by atoms with Gasteiger partial charge in [0.1, 0.15) is 11.6 Å². The number of hydrogen-bond donors (Lipinski definition) is 5. The number of nitrogens with zero attached hydrogens (tertiary/aromatic N) is 1. The standard InChI is InChI=1S/C19H23FN4O4.CH2O2/c1-11-5-14(24-23-11)9-21-19(27)12-6-16(17(25)7-12)22-18(26)10-28-15-4-2-3-13(20)8-15;2-1-3/h2-5,8,12,16-17,25H,6-7,9-10H2,1H3,(H,21,27)(H,22,26)(H,23,24);1H,(H,2,3)/t12-,16-,17-;/m0./s1. The van der Waals surface area contributed by atoms with E-state index in [1.165, 1.54) is 18.2 Å². The minimum absolute atomic E-state index is 0.188. The lowest BCUT2D eigenvalue weighted by atomic mass is 10.1. The second kappa shape index (κ2) is 11.6. The Labute approximate surface area is 177 Å². The molecule has 1 saturated carbocycles. The molecule has 0 aliphatic heterocycles. The smallest absolute Gasteiger partial charge is 0.290 e. The van der Waals surface area contributed by atoms with E-state index in [4.69, 9.17) is 14.6 Å². The van der Waals surface area contributed by atoms with Gasteiger partial charge in [0.25, 0.3) is 12.4 Å². The van der Waals surface area contributed by atoms with E-state index in [0.29, 0.717) is 13.0 Å². The summed E-state index contributed by atoms with van der Waals surface area (Å²) in [6.45, 7) is 1.62. The number of aliphatic hydroxyl groups is 1. The van der Waals surface area contributed by atoms with Crippen LogP contribution >= 0.6 is 0 Å². The number of amides is 2. The normalized spacial score (nSPS) is 19.6. The summed E-state index contributed by atoms with van der Waals surface area (Å²) in [4.78, 5) is 32.7. The van der Waals surface area contributed by atoms with E-state index in [-0.39, 0.29) is 31.2 Å². The van der Waals surface area contributed by atoms with Gasteiger partial charge in [-0.2, -0.15) is 5.10 Å². The number of hydrogen-bond acceptors (Lipinski definition) is 6. The number of H-pyrrole nitrogens is 1. The first-order valence-corrected chi connectivity index (χ1v) is 9.54. The Morgan fingerprint density at radius 3 is 2.74 bits per heavy atom. The van der Waals surface area contributed by atoms with Gasteiger partial charge < -0.3 is 25.6 Å². The molecule has 2 amide bonds. The first kappa shape index (κ1) is 23.8. The number of benzene rings is 1. The number of nitrogens with one attached hydrogen (secondary N) is 3.